The van der Waals surface area contributed by atoms with E-state index in [2.05, 4.69) is 20.7 Å². The van der Waals surface area contributed by atoms with Crippen LogP contribution >= 0.6 is 15.9 Å². The number of carboxylic acid groups (broad SMARTS) is 1. The second-order valence-electron chi connectivity index (χ2n) is 3.38. The van der Waals surface area contributed by atoms with E-state index in [1.807, 2.05) is 0 Å². The molecule has 0 aromatic rings. The van der Waals surface area contributed by atoms with Crippen LogP contribution in [-0.2, 0) is 14.3 Å². The number of alkyl halides is 1. The molecule has 1 N–H and O–H groups in total. The van der Waals surface area contributed by atoms with Crippen molar-refractivity contribution in [1.29, 1.82) is 0 Å². The van der Waals surface area contributed by atoms with E-state index in [1.165, 1.54) is 7.11 Å². The van der Waals surface area contributed by atoms with Gasteiger partial charge in [-0.05, 0) is 20.3 Å². The van der Waals surface area contributed by atoms with Gasteiger partial charge >= 0.3 is 11.9 Å². The number of hydrogen-bond donors (Lipinski definition) is 1. The monoisotopic (exact) mass is 252 g/mol. The lowest BCUT2D eigenvalue weighted by Crippen LogP contribution is -2.30. The van der Waals surface area contributed by atoms with E-state index in [0.29, 0.717) is 0 Å². The molecule has 0 spiro atoms. The van der Waals surface area contributed by atoms with Crippen molar-refractivity contribution in [3.05, 3.63) is 0 Å². The molecule has 0 aliphatic rings. The minimum absolute atomic E-state index is 0.203. The molecule has 0 heterocycles. The van der Waals surface area contributed by atoms with Crippen LogP contribution in [0, 0.1) is 5.41 Å². The molecule has 4 nitrogen and oxygen atoms in total. The molecule has 76 valence electrons. The average molecular weight is 253 g/mol. The minimum Gasteiger partial charge on any atom is -0.481 e. The zero-order valence-corrected chi connectivity index (χ0v) is 9.42. The molecule has 1 atom stereocenters. The Morgan fingerprint density at radius 2 is 2.00 bits per heavy atom. The summed E-state index contributed by atoms with van der Waals surface area (Å²) < 4.78 is 4.46. The van der Waals surface area contributed by atoms with Gasteiger partial charge in [0.1, 0.15) is 4.83 Å². The highest BCUT2D eigenvalue weighted by Crippen LogP contribution is 2.26. The summed E-state index contributed by atoms with van der Waals surface area (Å²) >= 11 is 3.07. The van der Waals surface area contributed by atoms with Gasteiger partial charge in [0, 0.05) is 0 Å². The van der Waals surface area contributed by atoms with Crippen molar-refractivity contribution in [2.75, 3.05) is 7.11 Å². The molecule has 1 unspecified atom stereocenters. The lowest BCUT2D eigenvalue weighted by molar-refractivity contribution is -0.148. The lowest BCUT2D eigenvalue weighted by atomic mass is 9.88. The zero-order chi connectivity index (χ0) is 10.6. The van der Waals surface area contributed by atoms with Crippen LogP contribution in [0.4, 0.5) is 0 Å². The number of esters is 1. The summed E-state index contributed by atoms with van der Waals surface area (Å²) in [6, 6.07) is 0. The van der Waals surface area contributed by atoms with E-state index >= 15 is 0 Å². The fourth-order valence-electron chi connectivity index (χ4n) is 0.747. The summed E-state index contributed by atoms with van der Waals surface area (Å²) in [4.78, 5) is 21.1. The average Bonchev–Trinajstić information content (AvgIpc) is 2.01. The normalized spacial score (nSPS) is 13.5. The van der Waals surface area contributed by atoms with Crippen LogP contribution in [0.2, 0.25) is 0 Å². The fourth-order valence-corrected chi connectivity index (χ4v) is 1.74. The van der Waals surface area contributed by atoms with E-state index in [9.17, 15) is 9.59 Å². The molecule has 0 aromatic carbocycles. The van der Waals surface area contributed by atoms with Crippen molar-refractivity contribution in [1.82, 2.24) is 0 Å². The standard InChI is InChI=1S/C8H13BrO4/c1-8(2,7(11)12)4-5(9)6(10)13-3/h5H,4H2,1-3H3,(H,11,12). The van der Waals surface area contributed by atoms with Gasteiger partial charge in [-0.1, -0.05) is 15.9 Å². The maximum Gasteiger partial charge on any atom is 0.319 e. The Kier molecular flexibility index (Phi) is 4.39. The van der Waals surface area contributed by atoms with Crippen molar-refractivity contribution in [2.45, 2.75) is 25.1 Å². The van der Waals surface area contributed by atoms with Crippen molar-refractivity contribution in [3.8, 4) is 0 Å². The largest absolute Gasteiger partial charge is 0.481 e. The number of ether oxygens (including phenoxy) is 1. The molecule has 0 aliphatic carbocycles. The fraction of sp³-hybridized carbons (Fsp3) is 0.750. The summed E-state index contributed by atoms with van der Waals surface area (Å²) in [5, 5.41) is 8.77. The third-order valence-electron chi connectivity index (χ3n) is 1.73. The van der Waals surface area contributed by atoms with Gasteiger partial charge < -0.3 is 9.84 Å². The first-order valence-corrected chi connectivity index (χ1v) is 4.68. The maximum absolute atomic E-state index is 11.0. The summed E-state index contributed by atoms with van der Waals surface area (Å²) in [6.45, 7) is 3.12. The first-order valence-electron chi connectivity index (χ1n) is 3.76. The number of carbonyl (C=O) groups excluding carboxylic acids is 1. The topological polar surface area (TPSA) is 63.6 Å². The SMILES string of the molecule is COC(=O)C(Br)CC(C)(C)C(=O)O. The Hall–Kier alpha value is -0.580. The number of halogens is 1. The highest BCUT2D eigenvalue weighted by Gasteiger charge is 2.32. The van der Waals surface area contributed by atoms with Crippen LogP contribution in [0.3, 0.4) is 0 Å². The summed E-state index contributed by atoms with van der Waals surface area (Å²) in [6.07, 6.45) is 0.203. The first kappa shape index (κ1) is 12.4. The molecule has 0 aromatic heterocycles. The zero-order valence-electron chi connectivity index (χ0n) is 7.83. The van der Waals surface area contributed by atoms with Crippen LogP contribution in [0.25, 0.3) is 0 Å². The Bertz CT molecular complexity index is 212. The van der Waals surface area contributed by atoms with Crippen LogP contribution in [0.15, 0.2) is 0 Å². The van der Waals surface area contributed by atoms with Crippen molar-refractivity contribution >= 4 is 27.9 Å². The van der Waals surface area contributed by atoms with Gasteiger partial charge in [-0.3, -0.25) is 9.59 Å². The minimum atomic E-state index is -0.930. The van der Waals surface area contributed by atoms with Gasteiger partial charge in [-0.15, -0.1) is 0 Å². The number of aliphatic carboxylic acids is 1. The van der Waals surface area contributed by atoms with Crippen LogP contribution in [-0.4, -0.2) is 29.0 Å². The molecule has 5 heteroatoms. The Balaban J connectivity index is 4.27. The van der Waals surface area contributed by atoms with E-state index in [-0.39, 0.29) is 6.42 Å². The van der Waals surface area contributed by atoms with Gasteiger partial charge in [0.25, 0.3) is 0 Å². The van der Waals surface area contributed by atoms with Crippen molar-refractivity contribution in [2.24, 2.45) is 5.41 Å². The van der Waals surface area contributed by atoms with E-state index in [0.717, 1.165) is 0 Å². The summed E-state index contributed by atoms with van der Waals surface area (Å²) in [5.74, 6) is -1.38. The van der Waals surface area contributed by atoms with Gasteiger partial charge in [0.05, 0.1) is 12.5 Å². The first-order chi connectivity index (χ1) is 5.81. The van der Waals surface area contributed by atoms with Gasteiger partial charge in [0.15, 0.2) is 0 Å². The van der Waals surface area contributed by atoms with E-state index in [1.54, 1.807) is 13.8 Å². The second-order valence-corrected chi connectivity index (χ2v) is 4.49. The smallest absolute Gasteiger partial charge is 0.319 e. The highest BCUT2D eigenvalue weighted by atomic mass is 79.9. The van der Waals surface area contributed by atoms with Crippen molar-refractivity contribution < 1.29 is 19.4 Å². The van der Waals surface area contributed by atoms with Gasteiger partial charge in [0.2, 0.25) is 0 Å². The van der Waals surface area contributed by atoms with Crippen LogP contribution in [0.5, 0.6) is 0 Å². The van der Waals surface area contributed by atoms with Gasteiger partial charge in [-0.2, -0.15) is 0 Å². The quantitative estimate of drug-likeness (QED) is 0.608. The lowest BCUT2D eigenvalue weighted by Gasteiger charge is -2.20. The van der Waals surface area contributed by atoms with Crippen molar-refractivity contribution in [3.63, 3.8) is 0 Å². The molecule has 0 saturated heterocycles. The predicted molar refractivity (Wildman–Crippen MR) is 50.8 cm³/mol. The second kappa shape index (κ2) is 4.60. The molecular weight excluding hydrogens is 240 g/mol. The number of rotatable bonds is 4. The number of carboxylic acids is 1. The molecule has 0 bridgehead atoms. The molecule has 0 aliphatic heterocycles. The van der Waals surface area contributed by atoms with Crippen LogP contribution in [0.1, 0.15) is 20.3 Å². The van der Waals surface area contributed by atoms with E-state index in [4.69, 9.17) is 5.11 Å². The van der Waals surface area contributed by atoms with Gasteiger partial charge in [-0.25, -0.2) is 0 Å². The third-order valence-corrected chi connectivity index (χ3v) is 2.42. The number of hydrogen-bond acceptors (Lipinski definition) is 3. The Morgan fingerprint density at radius 3 is 2.31 bits per heavy atom. The Labute approximate surface area is 85.4 Å². The number of methoxy groups -OCH3 is 1. The molecule has 0 rings (SSSR count). The van der Waals surface area contributed by atoms with E-state index < -0.39 is 22.2 Å². The van der Waals surface area contributed by atoms with Crippen LogP contribution < -0.4 is 0 Å². The summed E-state index contributed by atoms with van der Waals surface area (Å²) in [5.41, 5.74) is -0.928. The molecule has 0 fully saturated rings. The maximum atomic E-state index is 11.0. The molecule has 13 heavy (non-hydrogen) atoms. The third kappa shape index (κ3) is 3.76. The summed E-state index contributed by atoms with van der Waals surface area (Å²) in [7, 11) is 1.27. The molecular formula is C8H13BrO4. The Morgan fingerprint density at radius 1 is 1.54 bits per heavy atom. The highest BCUT2D eigenvalue weighted by molar-refractivity contribution is 9.10. The predicted octanol–water partition coefficient (Wildman–Crippen LogP) is 1.42. The molecule has 0 amide bonds. The molecule has 0 radical (unpaired) electrons. The molecule has 0 saturated carbocycles. The number of carbonyl (C=O) groups is 2.